The quantitative estimate of drug-likeness (QED) is 0.216. The standard InChI is InChI=1S/C37H39B/c1-21(2)26-19-31(22(3)4)37(32(20-26)23(5)6)38-33-17-15-27-24(7)11-9-13-29(27)35(33)36-30-14-10-12-25(8)28(30)16-18-34(36)38/h9-23H,1-8H3. The largest absolute Gasteiger partial charge is 0.243 e. The SMILES string of the molecule is Cc1cccc2c3c(ccc12)B(c1c(C(C)C)cc(C(C)C)cc1C(C)C)c1ccc2c(C)cccc2c1-3. The highest BCUT2D eigenvalue weighted by Crippen LogP contribution is 2.38. The van der Waals surface area contributed by atoms with Gasteiger partial charge in [-0.1, -0.05) is 131 Å². The fraction of sp³-hybridized carbons (Fsp3) is 0.297. The molecule has 5 aromatic carbocycles. The van der Waals surface area contributed by atoms with Gasteiger partial charge in [-0.2, -0.15) is 0 Å². The van der Waals surface area contributed by atoms with Crippen LogP contribution in [0.3, 0.4) is 0 Å². The molecule has 5 aromatic rings. The van der Waals surface area contributed by atoms with Crippen LogP contribution in [0.5, 0.6) is 0 Å². The van der Waals surface area contributed by atoms with Crippen LogP contribution in [0.1, 0.15) is 87.1 Å². The summed E-state index contributed by atoms with van der Waals surface area (Å²) in [6.07, 6.45) is 0. The Morgan fingerprint density at radius 2 is 0.947 bits per heavy atom. The molecule has 190 valence electrons. The molecule has 0 fully saturated rings. The van der Waals surface area contributed by atoms with Crippen LogP contribution in [0.4, 0.5) is 0 Å². The minimum atomic E-state index is 0.242. The maximum atomic E-state index is 2.52. The summed E-state index contributed by atoms with van der Waals surface area (Å²) in [5.74, 6) is 1.43. The summed E-state index contributed by atoms with van der Waals surface area (Å²) in [6, 6.07) is 28.3. The summed E-state index contributed by atoms with van der Waals surface area (Å²) >= 11 is 0. The molecule has 1 aliphatic heterocycles. The molecule has 0 atom stereocenters. The number of rotatable bonds is 4. The predicted octanol–water partition coefficient (Wildman–Crippen LogP) is 8.48. The molecule has 1 aliphatic rings. The van der Waals surface area contributed by atoms with Crippen molar-refractivity contribution in [1.82, 2.24) is 0 Å². The van der Waals surface area contributed by atoms with Crippen LogP contribution in [0, 0.1) is 13.8 Å². The summed E-state index contributed by atoms with van der Waals surface area (Å²) < 4.78 is 0. The Morgan fingerprint density at radius 3 is 1.34 bits per heavy atom. The van der Waals surface area contributed by atoms with Gasteiger partial charge in [-0.15, -0.1) is 0 Å². The van der Waals surface area contributed by atoms with Crippen molar-refractivity contribution in [3.8, 4) is 11.1 Å². The minimum absolute atomic E-state index is 0.242. The van der Waals surface area contributed by atoms with Crippen molar-refractivity contribution in [2.24, 2.45) is 0 Å². The normalized spacial score (nSPS) is 12.9. The molecule has 0 radical (unpaired) electrons. The molecule has 0 N–H and O–H groups in total. The van der Waals surface area contributed by atoms with Crippen LogP contribution < -0.4 is 16.4 Å². The summed E-state index contributed by atoms with van der Waals surface area (Å²) in [5, 5.41) is 5.50. The maximum absolute atomic E-state index is 2.52. The van der Waals surface area contributed by atoms with E-state index < -0.39 is 0 Å². The van der Waals surface area contributed by atoms with Gasteiger partial charge >= 0.3 is 0 Å². The number of hydrogen-bond acceptors (Lipinski definition) is 0. The fourth-order valence-electron chi connectivity index (χ4n) is 6.93. The van der Waals surface area contributed by atoms with E-state index in [1.54, 1.807) is 5.46 Å². The van der Waals surface area contributed by atoms with Crippen molar-refractivity contribution in [1.29, 1.82) is 0 Å². The Kier molecular flexibility index (Phi) is 6.02. The summed E-state index contributed by atoms with van der Waals surface area (Å²) in [4.78, 5) is 0. The smallest absolute Gasteiger partial charge is 0.0657 e. The Bertz CT molecular complexity index is 1600. The lowest BCUT2D eigenvalue weighted by molar-refractivity contribution is 0.812. The monoisotopic (exact) mass is 494 g/mol. The maximum Gasteiger partial charge on any atom is 0.243 e. The van der Waals surface area contributed by atoms with Crippen molar-refractivity contribution in [2.45, 2.75) is 73.1 Å². The molecular weight excluding hydrogens is 455 g/mol. The van der Waals surface area contributed by atoms with Gasteiger partial charge in [-0.3, -0.25) is 0 Å². The first-order chi connectivity index (χ1) is 18.2. The molecule has 0 bridgehead atoms. The topological polar surface area (TPSA) is 0 Å². The Morgan fingerprint density at radius 1 is 0.500 bits per heavy atom. The van der Waals surface area contributed by atoms with Crippen LogP contribution in [0.15, 0.2) is 72.8 Å². The first-order valence-corrected chi connectivity index (χ1v) is 14.4. The third-order valence-corrected chi connectivity index (χ3v) is 8.96. The second-order valence-corrected chi connectivity index (χ2v) is 12.4. The molecule has 0 spiro atoms. The van der Waals surface area contributed by atoms with Gasteiger partial charge in [0, 0.05) is 0 Å². The fourth-order valence-corrected chi connectivity index (χ4v) is 6.93. The molecule has 1 heterocycles. The molecule has 0 saturated heterocycles. The lowest BCUT2D eigenvalue weighted by atomic mass is 9.36. The van der Waals surface area contributed by atoms with Crippen molar-refractivity contribution < 1.29 is 0 Å². The van der Waals surface area contributed by atoms with E-state index in [-0.39, 0.29) is 6.71 Å². The molecule has 0 unspecified atom stereocenters. The third-order valence-electron chi connectivity index (χ3n) is 8.96. The first-order valence-electron chi connectivity index (χ1n) is 14.4. The van der Waals surface area contributed by atoms with E-state index in [1.807, 2.05) is 0 Å². The molecule has 0 aliphatic carbocycles. The van der Waals surface area contributed by atoms with Crippen LogP contribution >= 0.6 is 0 Å². The molecule has 38 heavy (non-hydrogen) atoms. The second kappa shape index (κ2) is 9.16. The second-order valence-electron chi connectivity index (χ2n) is 12.4. The number of benzene rings is 5. The van der Waals surface area contributed by atoms with E-state index in [0.717, 1.165) is 0 Å². The Labute approximate surface area is 229 Å². The average molecular weight is 495 g/mol. The highest BCUT2D eigenvalue weighted by molar-refractivity contribution is 7.00. The van der Waals surface area contributed by atoms with E-state index in [2.05, 4.69) is 128 Å². The van der Waals surface area contributed by atoms with Crippen molar-refractivity contribution in [3.63, 3.8) is 0 Å². The first kappa shape index (κ1) is 25.0. The average Bonchev–Trinajstić information content (AvgIpc) is 3.23. The zero-order chi connectivity index (χ0) is 26.9. The third kappa shape index (κ3) is 3.66. The van der Waals surface area contributed by atoms with Crippen LogP contribution in [-0.2, 0) is 0 Å². The molecule has 0 amide bonds. The Hall–Kier alpha value is -3.32. The molecule has 1 heteroatoms. The van der Waals surface area contributed by atoms with E-state index in [4.69, 9.17) is 0 Å². The zero-order valence-corrected chi connectivity index (χ0v) is 24.2. The van der Waals surface area contributed by atoms with Crippen LogP contribution in [0.2, 0.25) is 0 Å². The van der Waals surface area contributed by atoms with Crippen molar-refractivity contribution >= 4 is 44.6 Å². The van der Waals surface area contributed by atoms with Gasteiger partial charge in [0.05, 0.1) is 0 Å². The summed E-state index contributed by atoms with van der Waals surface area (Å²) in [5.41, 5.74) is 14.5. The van der Waals surface area contributed by atoms with Crippen LogP contribution in [-0.4, -0.2) is 6.71 Å². The highest BCUT2D eigenvalue weighted by Gasteiger charge is 2.39. The van der Waals surface area contributed by atoms with Gasteiger partial charge in [0.1, 0.15) is 0 Å². The highest BCUT2D eigenvalue weighted by atomic mass is 14.3. The number of aryl methyl sites for hydroxylation is 2. The van der Waals surface area contributed by atoms with Gasteiger partial charge in [0.25, 0.3) is 0 Å². The molecule has 0 aromatic heterocycles. The Balaban J connectivity index is 1.80. The van der Waals surface area contributed by atoms with Crippen LogP contribution in [0.25, 0.3) is 32.7 Å². The van der Waals surface area contributed by atoms with Gasteiger partial charge in [-0.25, -0.2) is 0 Å². The lowest BCUT2D eigenvalue weighted by Gasteiger charge is -2.26. The minimum Gasteiger partial charge on any atom is -0.0657 e. The van der Waals surface area contributed by atoms with E-state index >= 15 is 0 Å². The zero-order valence-electron chi connectivity index (χ0n) is 24.2. The molecular formula is C37H39B. The number of fused-ring (bicyclic) bond motifs is 7. The lowest BCUT2D eigenvalue weighted by Crippen LogP contribution is -2.52. The van der Waals surface area contributed by atoms with E-state index in [9.17, 15) is 0 Å². The van der Waals surface area contributed by atoms with Gasteiger partial charge in [0.15, 0.2) is 0 Å². The van der Waals surface area contributed by atoms with Gasteiger partial charge in [-0.05, 0) is 92.1 Å². The predicted molar refractivity (Wildman–Crippen MR) is 170 cm³/mol. The van der Waals surface area contributed by atoms with Gasteiger partial charge < -0.3 is 0 Å². The van der Waals surface area contributed by atoms with E-state index in [1.165, 1.54) is 71.4 Å². The summed E-state index contributed by atoms with van der Waals surface area (Å²) in [7, 11) is 0. The summed E-state index contributed by atoms with van der Waals surface area (Å²) in [6.45, 7) is 18.9. The molecule has 6 rings (SSSR count). The molecule has 0 nitrogen and oxygen atoms in total. The van der Waals surface area contributed by atoms with Crippen molar-refractivity contribution in [2.75, 3.05) is 0 Å². The van der Waals surface area contributed by atoms with E-state index in [0.29, 0.717) is 17.8 Å². The number of hydrogen-bond donors (Lipinski definition) is 0. The van der Waals surface area contributed by atoms with Crippen molar-refractivity contribution in [3.05, 3.63) is 101 Å². The molecule has 0 saturated carbocycles. The van der Waals surface area contributed by atoms with Gasteiger partial charge in [0.2, 0.25) is 6.71 Å².